The van der Waals surface area contributed by atoms with E-state index in [1.807, 2.05) is 18.2 Å². The van der Waals surface area contributed by atoms with Crippen molar-refractivity contribution in [2.45, 2.75) is 13.5 Å². The molecule has 1 aromatic carbocycles. The van der Waals surface area contributed by atoms with E-state index in [0.29, 0.717) is 6.61 Å². The number of furan rings is 1. The SMILES string of the molecule is COCc1cc2c(C)cccc2o1. The first-order chi connectivity index (χ1) is 6.31. The normalized spacial score (nSPS) is 10.9. The average Bonchev–Trinajstić information content (AvgIpc) is 2.49. The minimum absolute atomic E-state index is 0.536. The molecule has 1 heterocycles. The molecule has 0 atom stereocenters. The van der Waals surface area contributed by atoms with Crippen molar-refractivity contribution < 1.29 is 9.15 Å². The summed E-state index contributed by atoms with van der Waals surface area (Å²) in [6.45, 7) is 2.61. The Balaban J connectivity index is 2.55. The van der Waals surface area contributed by atoms with Gasteiger partial charge in [0.25, 0.3) is 0 Å². The zero-order valence-electron chi connectivity index (χ0n) is 7.83. The van der Waals surface area contributed by atoms with E-state index in [-0.39, 0.29) is 0 Å². The maximum atomic E-state index is 5.56. The van der Waals surface area contributed by atoms with E-state index in [2.05, 4.69) is 13.0 Å². The van der Waals surface area contributed by atoms with Crippen molar-refractivity contribution >= 4 is 11.0 Å². The van der Waals surface area contributed by atoms with Gasteiger partial charge in [0.05, 0.1) is 0 Å². The Morgan fingerprint density at radius 3 is 2.92 bits per heavy atom. The molecule has 0 bridgehead atoms. The molecule has 1 aromatic heterocycles. The van der Waals surface area contributed by atoms with Gasteiger partial charge in [-0.05, 0) is 24.6 Å². The molecule has 0 aliphatic heterocycles. The van der Waals surface area contributed by atoms with Crippen molar-refractivity contribution in [1.82, 2.24) is 0 Å². The lowest BCUT2D eigenvalue weighted by Gasteiger charge is -1.90. The zero-order valence-corrected chi connectivity index (χ0v) is 7.83. The summed E-state index contributed by atoms with van der Waals surface area (Å²) in [5.74, 6) is 0.881. The third-order valence-electron chi connectivity index (χ3n) is 2.12. The van der Waals surface area contributed by atoms with E-state index in [4.69, 9.17) is 9.15 Å². The van der Waals surface area contributed by atoms with Gasteiger partial charge in [0, 0.05) is 12.5 Å². The summed E-state index contributed by atoms with van der Waals surface area (Å²) in [6.07, 6.45) is 0. The number of methoxy groups -OCH3 is 1. The van der Waals surface area contributed by atoms with Crippen molar-refractivity contribution in [3.8, 4) is 0 Å². The third-order valence-corrected chi connectivity index (χ3v) is 2.12. The molecule has 0 radical (unpaired) electrons. The first-order valence-corrected chi connectivity index (χ1v) is 4.28. The maximum Gasteiger partial charge on any atom is 0.134 e. The third kappa shape index (κ3) is 1.45. The second-order valence-electron chi connectivity index (χ2n) is 3.13. The van der Waals surface area contributed by atoms with E-state index >= 15 is 0 Å². The van der Waals surface area contributed by atoms with Gasteiger partial charge in [-0.2, -0.15) is 0 Å². The van der Waals surface area contributed by atoms with Gasteiger partial charge in [-0.15, -0.1) is 0 Å². The van der Waals surface area contributed by atoms with Crippen LogP contribution in [0.15, 0.2) is 28.7 Å². The molecule has 0 saturated carbocycles. The first kappa shape index (κ1) is 8.32. The lowest BCUT2D eigenvalue weighted by atomic mass is 10.1. The van der Waals surface area contributed by atoms with E-state index in [1.165, 1.54) is 10.9 Å². The average molecular weight is 176 g/mol. The molecule has 13 heavy (non-hydrogen) atoms. The Labute approximate surface area is 77.1 Å². The van der Waals surface area contributed by atoms with E-state index in [9.17, 15) is 0 Å². The highest BCUT2D eigenvalue weighted by atomic mass is 16.5. The van der Waals surface area contributed by atoms with E-state index in [1.54, 1.807) is 7.11 Å². The number of hydrogen-bond acceptors (Lipinski definition) is 2. The fraction of sp³-hybridized carbons (Fsp3) is 0.273. The second kappa shape index (κ2) is 3.23. The van der Waals surface area contributed by atoms with Gasteiger partial charge in [0.2, 0.25) is 0 Å². The van der Waals surface area contributed by atoms with Gasteiger partial charge in [0.15, 0.2) is 0 Å². The highest BCUT2D eigenvalue weighted by molar-refractivity contribution is 5.81. The van der Waals surface area contributed by atoms with Crippen LogP contribution in [-0.4, -0.2) is 7.11 Å². The van der Waals surface area contributed by atoms with Gasteiger partial charge in [0.1, 0.15) is 18.0 Å². The summed E-state index contributed by atoms with van der Waals surface area (Å²) >= 11 is 0. The lowest BCUT2D eigenvalue weighted by molar-refractivity contribution is 0.166. The maximum absolute atomic E-state index is 5.56. The standard InChI is InChI=1S/C11H12O2/c1-8-4-3-5-11-10(8)6-9(13-11)7-12-2/h3-6H,7H2,1-2H3. The predicted molar refractivity (Wildman–Crippen MR) is 51.7 cm³/mol. The summed E-state index contributed by atoms with van der Waals surface area (Å²) in [4.78, 5) is 0. The Morgan fingerprint density at radius 1 is 1.38 bits per heavy atom. The van der Waals surface area contributed by atoms with Crippen molar-refractivity contribution in [2.75, 3.05) is 7.11 Å². The van der Waals surface area contributed by atoms with E-state index < -0.39 is 0 Å². The summed E-state index contributed by atoms with van der Waals surface area (Å²) in [7, 11) is 1.67. The Kier molecular flexibility index (Phi) is 2.07. The highest BCUT2D eigenvalue weighted by Crippen LogP contribution is 2.22. The van der Waals surface area contributed by atoms with Crippen LogP contribution >= 0.6 is 0 Å². The molecule has 2 heteroatoms. The zero-order chi connectivity index (χ0) is 9.26. The predicted octanol–water partition coefficient (Wildman–Crippen LogP) is 2.89. The first-order valence-electron chi connectivity index (χ1n) is 4.28. The van der Waals surface area contributed by atoms with Crippen LogP contribution in [0.5, 0.6) is 0 Å². The molecule has 0 saturated heterocycles. The van der Waals surface area contributed by atoms with Crippen molar-refractivity contribution in [1.29, 1.82) is 0 Å². The summed E-state index contributed by atoms with van der Waals surface area (Å²) in [5, 5.41) is 1.18. The number of fused-ring (bicyclic) bond motifs is 1. The molecule has 0 amide bonds. The Hall–Kier alpha value is -1.28. The van der Waals surface area contributed by atoms with E-state index in [0.717, 1.165) is 11.3 Å². The van der Waals surface area contributed by atoms with Crippen LogP contribution in [0.25, 0.3) is 11.0 Å². The molecule has 0 spiro atoms. The number of benzene rings is 1. The van der Waals surface area contributed by atoms with Crippen molar-refractivity contribution in [3.05, 3.63) is 35.6 Å². The molecule has 2 aromatic rings. The largest absolute Gasteiger partial charge is 0.459 e. The summed E-state index contributed by atoms with van der Waals surface area (Å²) < 4.78 is 10.6. The quantitative estimate of drug-likeness (QED) is 0.702. The Morgan fingerprint density at radius 2 is 2.23 bits per heavy atom. The molecule has 0 unspecified atom stereocenters. The molecule has 2 rings (SSSR count). The minimum Gasteiger partial charge on any atom is -0.459 e. The van der Waals surface area contributed by atoms with Crippen LogP contribution in [0.2, 0.25) is 0 Å². The van der Waals surface area contributed by atoms with Gasteiger partial charge >= 0.3 is 0 Å². The van der Waals surface area contributed by atoms with Gasteiger partial charge < -0.3 is 9.15 Å². The molecule has 0 aliphatic carbocycles. The van der Waals surface area contributed by atoms with Crippen LogP contribution < -0.4 is 0 Å². The minimum atomic E-state index is 0.536. The van der Waals surface area contributed by atoms with Gasteiger partial charge in [-0.3, -0.25) is 0 Å². The highest BCUT2D eigenvalue weighted by Gasteiger charge is 2.04. The fourth-order valence-electron chi connectivity index (χ4n) is 1.47. The summed E-state index contributed by atoms with van der Waals surface area (Å²) in [5.41, 5.74) is 2.18. The summed E-state index contributed by atoms with van der Waals surface area (Å²) in [6, 6.07) is 8.09. The molecule has 0 N–H and O–H groups in total. The topological polar surface area (TPSA) is 22.4 Å². The lowest BCUT2D eigenvalue weighted by Crippen LogP contribution is -1.81. The molecule has 0 aliphatic rings. The molecule has 0 fully saturated rings. The Bertz CT molecular complexity index is 415. The number of rotatable bonds is 2. The van der Waals surface area contributed by atoms with Crippen LogP contribution in [0.3, 0.4) is 0 Å². The number of hydrogen-bond donors (Lipinski definition) is 0. The molecule has 2 nitrogen and oxygen atoms in total. The van der Waals surface area contributed by atoms with Crippen LogP contribution in [0.4, 0.5) is 0 Å². The molecule has 68 valence electrons. The molecular formula is C11H12O2. The van der Waals surface area contributed by atoms with Crippen LogP contribution in [0.1, 0.15) is 11.3 Å². The van der Waals surface area contributed by atoms with Crippen LogP contribution in [0, 0.1) is 6.92 Å². The molecular weight excluding hydrogens is 164 g/mol. The second-order valence-corrected chi connectivity index (χ2v) is 3.13. The number of ether oxygens (including phenoxy) is 1. The monoisotopic (exact) mass is 176 g/mol. The van der Waals surface area contributed by atoms with Gasteiger partial charge in [-0.25, -0.2) is 0 Å². The van der Waals surface area contributed by atoms with Crippen molar-refractivity contribution in [2.24, 2.45) is 0 Å². The van der Waals surface area contributed by atoms with Gasteiger partial charge in [-0.1, -0.05) is 12.1 Å². The van der Waals surface area contributed by atoms with Crippen LogP contribution in [-0.2, 0) is 11.3 Å². The smallest absolute Gasteiger partial charge is 0.134 e. The van der Waals surface area contributed by atoms with Crippen molar-refractivity contribution in [3.63, 3.8) is 0 Å². The fourth-order valence-corrected chi connectivity index (χ4v) is 1.47. The number of aryl methyl sites for hydroxylation is 1.